The van der Waals surface area contributed by atoms with E-state index < -0.39 is 12.8 Å². The minimum atomic E-state index is -4.41. The number of hydrazine groups is 1. The Labute approximate surface area is 201 Å². The Bertz CT molecular complexity index is 1140. The van der Waals surface area contributed by atoms with E-state index in [4.69, 9.17) is 14.6 Å². The lowest BCUT2D eigenvalue weighted by Gasteiger charge is -2.22. The fourth-order valence-electron chi connectivity index (χ4n) is 5.23. The molecule has 0 amide bonds. The maximum Gasteiger partial charge on any atom is 0.422 e. The van der Waals surface area contributed by atoms with Crippen LogP contribution in [0.15, 0.2) is 36.4 Å². The maximum atomic E-state index is 12.5. The highest BCUT2D eigenvalue weighted by Crippen LogP contribution is 2.59. The lowest BCUT2D eigenvalue weighted by molar-refractivity contribution is -0.153. The molecule has 186 valence electrons. The van der Waals surface area contributed by atoms with E-state index in [1.54, 1.807) is 18.2 Å². The molecule has 3 heterocycles. The zero-order chi connectivity index (χ0) is 24.8. The van der Waals surface area contributed by atoms with Gasteiger partial charge in [0.25, 0.3) is 0 Å². The lowest BCUT2D eigenvalue weighted by atomic mass is 9.96. The van der Waals surface area contributed by atoms with Crippen LogP contribution in [0.1, 0.15) is 30.0 Å². The molecule has 0 spiro atoms. The highest BCUT2D eigenvalue weighted by molar-refractivity contribution is 5.68. The van der Waals surface area contributed by atoms with Crippen molar-refractivity contribution < 1.29 is 27.8 Å². The standard InChI is InChI=1S/C25H27F3N4O3/c1-24(13-17-11-18-7-9-30(8-4-10-33)23(18)19(12-17)14-29)31-22(32(24)31)15-34-20-5-2-3-6-21(20)35-16-25(26,27)28/h2-3,5-6,11-12,22,33H,4,7-10,13,15-16H2,1H3. The number of fused-ring (bicyclic) bond motifs is 2. The van der Waals surface area contributed by atoms with Crippen LogP contribution in [-0.2, 0) is 12.8 Å². The normalized spacial score (nSPS) is 26.1. The summed E-state index contributed by atoms with van der Waals surface area (Å²) >= 11 is 0. The maximum absolute atomic E-state index is 12.5. The number of ether oxygens (including phenoxy) is 2. The Balaban J connectivity index is 1.17. The first-order chi connectivity index (χ1) is 16.7. The molecule has 0 aromatic heterocycles. The van der Waals surface area contributed by atoms with Gasteiger partial charge in [0.2, 0.25) is 0 Å². The van der Waals surface area contributed by atoms with Gasteiger partial charge in [-0.15, -0.1) is 0 Å². The van der Waals surface area contributed by atoms with Crippen molar-refractivity contribution in [1.29, 1.82) is 5.26 Å². The molecule has 2 unspecified atom stereocenters. The van der Waals surface area contributed by atoms with E-state index >= 15 is 0 Å². The predicted octanol–water partition coefficient (Wildman–Crippen LogP) is 3.45. The number of para-hydroxylation sites is 2. The van der Waals surface area contributed by atoms with Gasteiger partial charge in [0.05, 0.1) is 11.3 Å². The smallest absolute Gasteiger partial charge is 0.422 e. The number of rotatable bonds is 10. The van der Waals surface area contributed by atoms with Crippen molar-refractivity contribution in [2.75, 3.05) is 37.8 Å². The van der Waals surface area contributed by atoms with E-state index in [-0.39, 0.29) is 29.9 Å². The molecule has 3 aliphatic heterocycles. The van der Waals surface area contributed by atoms with Crippen LogP contribution < -0.4 is 14.4 Å². The van der Waals surface area contributed by atoms with Gasteiger partial charge in [-0.3, -0.25) is 0 Å². The second-order valence-corrected chi connectivity index (χ2v) is 9.30. The number of anilines is 1. The van der Waals surface area contributed by atoms with Gasteiger partial charge in [0.15, 0.2) is 18.1 Å². The number of halogens is 3. The zero-order valence-corrected chi connectivity index (χ0v) is 19.4. The van der Waals surface area contributed by atoms with Crippen molar-refractivity contribution in [2.24, 2.45) is 0 Å². The van der Waals surface area contributed by atoms with Crippen LogP contribution >= 0.6 is 0 Å². The average molecular weight is 489 g/mol. The molecule has 10 heteroatoms. The molecule has 7 nitrogen and oxygen atoms in total. The molecule has 1 N–H and O–H groups in total. The largest absolute Gasteiger partial charge is 0.487 e. The summed E-state index contributed by atoms with van der Waals surface area (Å²) in [6.45, 7) is 2.80. The summed E-state index contributed by atoms with van der Waals surface area (Å²) in [6.07, 6.45) is -2.02. The quantitative estimate of drug-likeness (QED) is 0.514. The highest BCUT2D eigenvalue weighted by atomic mass is 19.4. The van der Waals surface area contributed by atoms with Crippen molar-refractivity contribution >= 4 is 5.69 Å². The fraction of sp³-hybridized carbons (Fsp3) is 0.480. The lowest BCUT2D eigenvalue weighted by Crippen LogP contribution is -2.36. The summed E-state index contributed by atoms with van der Waals surface area (Å²) in [5, 5.41) is 23.2. The summed E-state index contributed by atoms with van der Waals surface area (Å²) in [6, 6.07) is 12.8. The van der Waals surface area contributed by atoms with E-state index in [0.717, 1.165) is 37.2 Å². The first kappa shape index (κ1) is 23.7. The van der Waals surface area contributed by atoms with E-state index in [2.05, 4.69) is 34.0 Å². The summed E-state index contributed by atoms with van der Waals surface area (Å²) in [7, 11) is 0. The molecule has 2 fully saturated rings. The molecule has 2 aromatic carbocycles. The van der Waals surface area contributed by atoms with E-state index in [1.807, 2.05) is 6.07 Å². The summed E-state index contributed by atoms with van der Waals surface area (Å²) in [4.78, 5) is 2.18. The third-order valence-electron chi connectivity index (χ3n) is 6.78. The van der Waals surface area contributed by atoms with Gasteiger partial charge in [-0.1, -0.05) is 18.2 Å². The molecule has 2 aromatic rings. The van der Waals surface area contributed by atoms with E-state index in [9.17, 15) is 18.4 Å². The number of hydrogen-bond acceptors (Lipinski definition) is 7. The van der Waals surface area contributed by atoms with E-state index in [1.165, 1.54) is 11.6 Å². The molecule has 2 atom stereocenters. The third-order valence-corrected chi connectivity index (χ3v) is 6.78. The van der Waals surface area contributed by atoms with Gasteiger partial charge in [-0.05, 0) is 49.1 Å². The molecule has 3 aliphatic rings. The molecule has 2 saturated heterocycles. The minimum Gasteiger partial charge on any atom is -0.487 e. The first-order valence-electron chi connectivity index (χ1n) is 11.7. The molecule has 0 radical (unpaired) electrons. The number of nitrogens with zero attached hydrogens (tertiary/aromatic N) is 4. The predicted molar refractivity (Wildman–Crippen MR) is 122 cm³/mol. The van der Waals surface area contributed by atoms with Crippen molar-refractivity contribution in [3.05, 3.63) is 53.1 Å². The number of hydrogen-bond donors (Lipinski definition) is 1. The van der Waals surface area contributed by atoms with Crippen LogP contribution in [0.2, 0.25) is 0 Å². The van der Waals surface area contributed by atoms with Crippen LogP contribution in [-0.4, -0.2) is 66.0 Å². The first-order valence-corrected chi connectivity index (χ1v) is 11.7. The summed E-state index contributed by atoms with van der Waals surface area (Å²) in [5.74, 6) is 0.359. The molecule has 0 aliphatic carbocycles. The Morgan fingerprint density at radius 1 is 1.17 bits per heavy atom. The van der Waals surface area contributed by atoms with Gasteiger partial charge in [-0.2, -0.15) is 28.5 Å². The molecular weight excluding hydrogens is 461 g/mol. The van der Waals surface area contributed by atoms with Crippen molar-refractivity contribution in [1.82, 2.24) is 10.0 Å². The van der Waals surface area contributed by atoms with Crippen LogP contribution in [0.25, 0.3) is 0 Å². The third kappa shape index (κ3) is 4.63. The topological polar surface area (TPSA) is 71.7 Å². The molecule has 35 heavy (non-hydrogen) atoms. The van der Waals surface area contributed by atoms with Crippen molar-refractivity contribution in [3.63, 3.8) is 0 Å². The van der Waals surface area contributed by atoms with Crippen molar-refractivity contribution in [3.8, 4) is 17.6 Å². The zero-order valence-electron chi connectivity index (χ0n) is 19.4. The molecule has 0 saturated carbocycles. The van der Waals surface area contributed by atoms with Crippen LogP contribution in [0.3, 0.4) is 0 Å². The minimum absolute atomic E-state index is 0.0644. The summed E-state index contributed by atoms with van der Waals surface area (Å²) < 4.78 is 48.1. The number of alkyl halides is 3. The number of benzene rings is 2. The Kier molecular flexibility index (Phi) is 6.03. The molecular formula is C25H27F3N4O3. The van der Waals surface area contributed by atoms with E-state index in [0.29, 0.717) is 18.6 Å². The second kappa shape index (κ2) is 8.90. The highest BCUT2D eigenvalue weighted by Gasteiger charge is 2.78. The van der Waals surface area contributed by atoms with Gasteiger partial charge >= 0.3 is 6.18 Å². The SMILES string of the molecule is CC1(Cc2cc(C#N)c3c(c2)CCN3CCCO)N2C(COc3ccccc3OCC(F)(F)F)N21. The number of aliphatic hydroxyl groups is 1. The fourth-order valence-corrected chi connectivity index (χ4v) is 5.23. The monoisotopic (exact) mass is 488 g/mol. The Hall–Kier alpha value is -3.00. The van der Waals surface area contributed by atoms with Gasteiger partial charge in [0.1, 0.15) is 24.5 Å². The number of nitriles is 1. The number of aliphatic hydroxyl groups excluding tert-OH is 1. The molecule has 5 rings (SSSR count). The van der Waals surface area contributed by atoms with Crippen LogP contribution in [0.5, 0.6) is 11.5 Å². The Morgan fingerprint density at radius 2 is 1.89 bits per heavy atom. The van der Waals surface area contributed by atoms with Gasteiger partial charge in [0, 0.05) is 26.1 Å². The Morgan fingerprint density at radius 3 is 2.54 bits per heavy atom. The van der Waals surface area contributed by atoms with Gasteiger partial charge in [-0.25, -0.2) is 0 Å². The second-order valence-electron chi connectivity index (χ2n) is 9.30. The van der Waals surface area contributed by atoms with Gasteiger partial charge < -0.3 is 19.5 Å². The van der Waals surface area contributed by atoms with Crippen LogP contribution in [0.4, 0.5) is 18.9 Å². The summed E-state index contributed by atoms with van der Waals surface area (Å²) in [5.41, 5.74) is 3.79. The van der Waals surface area contributed by atoms with Crippen molar-refractivity contribution in [2.45, 2.75) is 44.2 Å². The van der Waals surface area contributed by atoms with Crippen LogP contribution in [0, 0.1) is 11.3 Å². The molecule has 0 bridgehead atoms. The average Bonchev–Trinajstić information content (AvgIpc) is 3.66.